The minimum absolute atomic E-state index is 0.0477. The van der Waals surface area contributed by atoms with Crippen LogP contribution in [0.2, 0.25) is 5.02 Å². The van der Waals surface area contributed by atoms with E-state index in [0.717, 1.165) is 16.8 Å². The molecule has 0 aromatic heterocycles. The van der Waals surface area contributed by atoms with Crippen molar-refractivity contribution in [2.24, 2.45) is 0 Å². The molecule has 5 nitrogen and oxygen atoms in total. The highest BCUT2D eigenvalue weighted by atomic mass is 35.5. The van der Waals surface area contributed by atoms with Gasteiger partial charge in [0, 0.05) is 25.1 Å². The van der Waals surface area contributed by atoms with E-state index in [1.165, 1.54) is 20.1 Å². The third-order valence-electron chi connectivity index (χ3n) is 3.21. The van der Waals surface area contributed by atoms with Crippen LogP contribution >= 0.6 is 11.6 Å². The van der Waals surface area contributed by atoms with Gasteiger partial charge < -0.3 is 4.90 Å². The zero-order valence-electron chi connectivity index (χ0n) is 10.5. The number of hydrogen-bond donors (Lipinski definition) is 0. The quantitative estimate of drug-likeness (QED) is 0.775. The van der Waals surface area contributed by atoms with Crippen LogP contribution in [0.3, 0.4) is 0 Å². The van der Waals surface area contributed by atoms with E-state index >= 15 is 0 Å². The van der Waals surface area contributed by atoms with Crippen molar-refractivity contribution in [3.8, 4) is 0 Å². The van der Waals surface area contributed by atoms with Gasteiger partial charge in [0.15, 0.2) is 7.11 Å². The van der Waals surface area contributed by atoms with Crippen molar-refractivity contribution < 1.29 is 14.6 Å². The molecular formula is C12H14ClN2O3+. The van der Waals surface area contributed by atoms with Gasteiger partial charge in [0.05, 0.1) is 15.6 Å². The summed E-state index contributed by atoms with van der Waals surface area (Å²) in [6.07, 6.45) is 0.700. The SMILES string of the molecule is CO[N+](=O)c1cc(Cl)c2c(c1C)CCN2C(C)=O. The lowest BCUT2D eigenvalue weighted by Gasteiger charge is -2.16. The molecule has 0 bridgehead atoms. The first-order chi connectivity index (χ1) is 8.47. The van der Waals surface area contributed by atoms with Gasteiger partial charge >= 0.3 is 5.69 Å². The molecule has 1 aliphatic heterocycles. The second kappa shape index (κ2) is 4.57. The molecule has 6 heteroatoms. The second-order valence-corrected chi connectivity index (χ2v) is 4.60. The van der Waals surface area contributed by atoms with Crippen LogP contribution in [-0.2, 0) is 16.1 Å². The number of carbonyl (C=O) groups excluding carboxylic acids is 1. The van der Waals surface area contributed by atoms with Crippen molar-refractivity contribution in [3.63, 3.8) is 0 Å². The maximum atomic E-state index is 11.6. The van der Waals surface area contributed by atoms with E-state index in [9.17, 15) is 9.70 Å². The van der Waals surface area contributed by atoms with E-state index in [2.05, 4.69) is 4.84 Å². The minimum Gasteiger partial charge on any atom is -0.311 e. The fourth-order valence-electron chi connectivity index (χ4n) is 2.31. The number of amides is 1. The molecular weight excluding hydrogens is 256 g/mol. The van der Waals surface area contributed by atoms with Gasteiger partial charge in [-0.05, 0) is 18.9 Å². The van der Waals surface area contributed by atoms with Gasteiger partial charge in [0.2, 0.25) is 5.91 Å². The maximum absolute atomic E-state index is 11.6. The number of rotatable bonds is 2. The van der Waals surface area contributed by atoms with Gasteiger partial charge in [-0.2, -0.15) is 0 Å². The molecule has 0 saturated carbocycles. The number of benzene rings is 1. The minimum atomic E-state index is -0.0477. The summed E-state index contributed by atoms with van der Waals surface area (Å²) in [6, 6.07) is 1.54. The lowest BCUT2D eigenvalue weighted by Crippen LogP contribution is -2.26. The van der Waals surface area contributed by atoms with Crippen molar-refractivity contribution in [1.82, 2.24) is 0 Å². The monoisotopic (exact) mass is 269 g/mol. The smallest absolute Gasteiger partial charge is 0.311 e. The van der Waals surface area contributed by atoms with Crippen molar-refractivity contribution in [2.75, 3.05) is 18.6 Å². The number of fused-ring (bicyclic) bond motifs is 1. The number of carbonyl (C=O) groups is 1. The summed E-state index contributed by atoms with van der Waals surface area (Å²) in [7, 11) is 1.30. The van der Waals surface area contributed by atoms with Gasteiger partial charge in [-0.25, -0.2) is 4.84 Å². The molecule has 0 aliphatic carbocycles. The van der Waals surface area contributed by atoms with E-state index in [0.29, 0.717) is 28.6 Å². The molecule has 0 spiro atoms. The Bertz CT molecular complexity index is 543. The number of anilines is 1. The van der Waals surface area contributed by atoms with Crippen molar-refractivity contribution in [1.29, 1.82) is 0 Å². The molecule has 0 radical (unpaired) electrons. The Morgan fingerprint density at radius 3 is 2.78 bits per heavy atom. The Hall–Kier alpha value is -1.62. The van der Waals surface area contributed by atoms with E-state index in [-0.39, 0.29) is 5.91 Å². The van der Waals surface area contributed by atoms with Crippen LogP contribution in [-0.4, -0.2) is 24.5 Å². The molecule has 2 rings (SSSR count). The fourth-order valence-corrected chi connectivity index (χ4v) is 2.63. The summed E-state index contributed by atoms with van der Waals surface area (Å²) in [5.74, 6) is -0.0477. The van der Waals surface area contributed by atoms with Crippen LogP contribution in [0.1, 0.15) is 18.1 Å². The first kappa shape index (κ1) is 12.8. The molecule has 1 heterocycles. The van der Waals surface area contributed by atoms with Gasteiger partial charge in [-0.1, -0.05) is 11.6 Å². The summed E-state index contributed by atoms with van der Waals surface area (Å²) in [5.41, 5.74) is 2.84. The summed E-state index contributed by atoms with van der Waals surface area (Å²) in [6.45, 7) is 3.93. The molecule has 18 heavy (non-hydrogen) atoms. The summed E-state index contributed by atoms with van der Waals surface area (Å²) >= 11 is 6.17. The maximum Gasteiger partial charge on any atom is 0.321 e. The van der Waals surface area contributed by atoms with Crippen molar-refractivity contribution in [3.05, 3.63) is 27.1 Å². The summed E-state index contributed by atoms with van der Waals surface area (Å²) in [5, 5.41) is 0.399. The zero-order valence-corrected chi connectivity index (χ0v) is 11.2. The van der Waals surface area contributed by atoms with Gasteiger partial charge in [-0.15, -0.1) is 0 Å². The third-order valence-corrected chi connectivity index (χ3v) is 3.50. The van der Waals surface area contributed by atoms with Gasteiger partial charge in [0.1, 0.15) is 0 Å². The average Bonchev–Trinajstić information content (AvgIpc) is 2.78. The predicted molar refractivity (Wildman–Crippen MR) is 68.2 cm³/mol. The van der Waals surface area contributed by atoms with Crippen molar-refractivity contribution >= 4 is 28.9 Å². The molecule has 0 saturated heterocycles. The van der Waals surface area contributed by atoms with Crippen molar-refractivity contribution in [2.45, 2.75) is 20.3 Å². The van der Waals surface area contributed by atoms with E-state index in [1.807, 2.05) is 6.92 Å². The predicted octanol–water partition coefficient (Wildman–Crippen LogP) is 2.53. The number of hydrogen-bond acceptors (Lipinski definition) is 3. The van der Waals surface area contributed by atoms with Crippen LogP contribution in [0.25, 0.3) is 0 Å². The van der Waals surface area contributed by atoms with Gasteiger partial charge in [-0.3, -0.25) is 4.79 Å². The highest BCUT2D eigenvalue weighted by Crippen LogP contribution is 2.41. The Morgan fingerprint density at radius 1 is 1.56 bits per heavy atom. The first-order valence-electron chi connectivity index (χ1n) is 5.58. The lowest BCUT2D eigenvalue weighted by molar-refractivity contribution is -0.737. The van der Waals surface area contributed by atoms with E-state index < -0.39 is 0 Å². The highest BCUT2D eigenvalue weighted by Gasteiger charge is 2.32. The Morgan fingerprint density at radius 2 is 2.22 bits per heavy atom. The molecule has 1 amide bonds. The van der Waals surface area contributed by atoms with Crippen LogP contribution in [0.15, 0.2) is 6.07 Å². The molecule has 1 aliphatic rings. The largest absolute Gasteiger partial charge is 0.321 e. The van der Waals surface area contributed by atoms with Crippen LogP contribution in [0.4, 0.5) is 11.4 Å². The normalized spacial score (nSPS) is 13.4. The first-order valence-corrected chi connectivity index (χ1v) is 5.96. The molecule has 0 N–H and O–H groups in total. The summed E-state index contributed by atoms with van der Waals surface area (Å²) < 4.78 is 0. The Labute approximate surface area is 110 Å². The Kier molecular flexibility index (Phi) is 3.26. The zero-order chi connectivity index (χ0) is 13.4. The number of nitrogens with zero attached hydrogens (tertiary/aromatic N) is 2. The molecule has 1 aromatic rings. The van der Waals surface area contributed by atoms with Crippen LogP contribution in [0.5, 0.6) is 0 Å². The van der Waals surface area contributed by atoms with Crippen LogP contribution < -0.4 is 4.90 Å². The molecule has 1 aromatic carbocycles. The van der Waals surface area contributed by atoms with E-state index in [4.69, 9.17) is 11.6 Å². The summed E-state index contributed by atoms with van der Waals surface area (Å²) in [4.78, 5) is 29.8. The molecule has 0 fully saturated rings. The second-order valence-electron chi connectivity index (χ2n) is 4.19. The van der Waals surface area contributed by atoms with Crippen LogP contribution in [0, 0.1) is 11.8 Å². The topological polar surface area (TPSA) is 49.6 Å². The molecule has 0 unspecified atom stereocenters. The average molecular weight is 270 g/mol. The molecule has 0 atom stereocenters. The molecule has 96 valence electrons. The van der Waals surface area contributed by atoms with E-state index in [1.54, 1.807) is 4.90 Å². The third kappa shape index (κ3) is 1.84. The van der Waals surface area contributed by atoms with Gasteiger partial charge in [0.25, 0.3) is 4.92 Å². The lowest BCUT2D eigenvalue weighted by atomic mass is 10.0. The highest BCUT2D eigenvalue weighted by molar-refractivity contribution is 6.34. The Balaban J connectivity index is 2.61. The number of halogens is 1. The standard InChI is InChI=1S/C12H14ClN2O3/c1-7-9-4-5-14(8(2)16)12(9)10(13)6-11(7)15(17)18-3/h6H,4-5H2,1-3H3/q+1. The fraction of sp³-hybridized carbons (Fsp3) is 0.417.